The van der Waals surface area contributed by atoms with E-state index in [1.54, 1.807) is 0 Å². The molecule has 1 aliphatic heterocycles. The predicted molar refractivity (Wildman–Crippen MR) is 62.8 cm³/mol. The molecule has 6 nitrogen and oxygen atoms in total. The molecule has 6 heteroatoms. The molecule has 0 aromatic rings. The second-order valence-electron chi connectivity index (χ2n) is 5.29. The van der Waals surface area contributed by atoms with Crippen LogP contribution >= 0.6 is 0 Å². The molecular formula is C11H21N3O3. The number of nitrogens with one attached hydrogen (secondary N) is 1. The highest BCUT2D eigenvalue weighted by Gasteiger charge is 2.35. The quantitative estimate of drug-likeness (QED) is 0.670. The molecular weight excluding hydrogens is 222 g/mol. The Labute approximate surface area is 101 Å². The molecule has 1 rings (SSSR count). The van der Waals surface area contributed by atoms with Gasteiger partial charge in [-0.25, -0.2) is 4.79 Å². The van der Waals surface area contributed by atoms with Crippen molar-refractivity contribution < 1.29 is 14.4 Å². The third kappa shape index (κ3) is 3.98. The molecule has 1 saturated heterocycles. The van der Waals surface area contributed by atoms with Crippen LogP contribution in [0.3, 0.4) is 0 Å². The zero-order valence-electron chi connectivity index (χ0n) is 10.7. The average molecular weight is 243 g/mol. The summed E-state index contributed by atoms with van der Waals surface area (Å²) in [6.45, 7) is 6.75. The second-order valence-corrected chi connectivity index (χ2v) is 5.29. The molecule has 0 spiro atoms. The Bertz CT molecular complexity index is 299. The van der Waals surface area contributed by atoms with Gasteiger partial charge in [-0.15, -0.1) is 0 Å². The van der Waals surface area contributed by atoms with Crippen LogP contribution in [0.1, 0.15) is 33.6 Å². The summed E-state index contributed by atoms with van der Waals surface area (Å²) in [5.41, 5.74) is -0.126. The van der Waals surface area contributed by atoms with Crippen LogP contribution in [-0.4, -0.2) is 41.4 Å². The molecule has 1 aliphatic rings. The monoisotopic (exact) mass is 243 g/mol. The maximum atomic E-state index is 11.9. The van der Waals surface area contributed by atoms with Crippen molar-refractivity contribution in [3.05, 3.63) is 0 Å². The van der Waals surface area contributed by atoms with E-state index in [1.165, 1.54) is 4.90 Å². The Hall–Kier alpha value is -1.14. The van der Waals surface area contributed by atoms with E-state index in [4.69, 9.17) is 5.90 Å². The number of nitrogens with two attached hydrogens (primary N) is 1. The van der Waals surface area contributed by atoms with Gasteiger partial charge in [0.1, 0.15) is 6.04 Å². The van der Waals surface area contributed by atoms with Crippen molar-refractivity contribution in [3.63, 3.8) is 0 Å². The fourth-order valence-electron chi connectivity index (χ4n) is 1.83. The van der Waals surface area contributed by atoms with Gasteiger partial charge >= 0.3 is 5.97 Å². The van der Waals surface area contributed by atoms with Crippen molar-refractivity contribution in [2.75, 3.05) is 13.1 Å². The summed E-state index contributed by atoms with van der Waals surface area (Å²) >= 11 is 0. The molecule has 0 unspecified atom stereocenters. The fourth-order valence-corrected chi connectivity index (χ4v) is 1.83. The SMILES string of the molecule is CC(C)(C)NCC(=O)N1CCC[C@H]1C(=O)ON. The van der Waals surface area contributed by atoms with Crippen molar-refractivity contribution in [1.29, 1.82) is 0 Å². The molecule has 98 valence electrons. The first-order valence-electron chi connectivity index (χ1n) is 5.80. The van der Waals surface area contributed by atoms with Gasteiger partial charge in [-0.2, -0.15) is 5.90 Å². The number of likely N-dealkylation sites (tertiary alicyclic amines) is 1. The molecule has 0 radical (unpaired) electrons. The molecule has 1 atom stereocenters. The summed E-state index contributed by atoms with van der Waals surface area (Å²) < 4.78 is 0. The predicted octanol–water partition coefficient (Wildman–Crippen LogP) is -0.218. The minimum Gasteiger partial charge on any atom is -0.372 e. The Morgan fingerprint density at radius 3 is 2.65 bits per heavy atom. The van der Waals surface area contributed by atoms with Gasteiger partial charge in [0.2, 0.25) is 5.91 Å². The fraction of sp³-hybridized carbons (Fsp3) is 0.818. The number of hydrogen-bond donors (Lipinski definition) is 2. The van der Waals surface area contributed by atoms with E-state index in [0.717, 1.165) is 6.42 Å². The van der Waals surface area contributed by atoms with Gasteiger partial charge in [0.05, 0.1) is 6.54 Å². The van der Waals surface area contributed by atoms with E-state index in [-0.39, 0.29) is 18.0 Å². The first kappa shape index (κ1) is 13.9. The third-order valence-corrected chi connectivity index (χ3v) is 2.73. The molecule has 0 aliphatic carbocycles. The van der Waals surface area contributed by atoms with E-state index >= 15 is 0 Å². The maximum absolute atomic E-state index is 11.9. The van der Waals surface area contributed by atoms with E-state index < -0.39 is 12.0 Å². The summed E-state index contributed by atoms with van der Waals surface area (Å²) in [5, 5.41) is 3.10. The Balaban J connectivity index is 2.53. The number of rotatable bonds is 3. The Morgan fingerprint density at radius 2 is 2.12 bits per heavy atom. The zero-order valence-corrected chi connectivity index (χ0v) is 10.7. The van der Waals surface area contributed by atoms with E-state index in [1.807, 2.05) is 20.8 Å². The molecule has 0 bridgehead atoms. The minimum atomic E-state index is -0.536. The lowest BCUT2D eigenvalue weighted by atomic mass is 10.1. The van der Waals surface area contributed by atoms with Crippen molar-refractivity contribution >= 4 is 11.9 Å². The van der Waals surface area contributed by atoms with Crippen molar-refractivity contribution in [2.24, 2.45) is 5.90 Å². The number of amides is 1. The number of nitrogens with zero attached hydrogens (tertiary/aromatic N) is 1. The molecule has 0 aromatic carbocycles. The lowest BCUT2D eigenvalue weighted by molar-refractivity contribution is -0.153. The smallest absolute Gasteiger partial charge is 0.347 e. The summed E-state index contributed by atoms with van der Waals surface area (Å²) in [5.74, 6) is 4.23. The van der Waals surface area contributed by atoms with Gasteiger partial charge in [-0.05, 0) is 33.6 Å². The van der Waals surface area contributed by atoms with Crippen LogP contribution in [-0.2, 0) is 14.4 Å². The van der Waals surface area contributed by atoms with Crippen LogP contribution < -0.4 is 11.2 Å². The third-order valence-electron chi connectivity index (χ3n) is 2.73. The van der Waals surface area contributed by atoms with Crippen LogP contribution in [0, 0.1) is 0 Å². The van der Waals surface area contributed by atoms with Crippen LogP contribution in [0.4, 0.5) is 0 Å². The highest BCUT2D eigenvalue weighted by Crippen LogP contribution is 2.18. The van der Waals surface area contributed by atoms with Crippen LogP contribution in [0.5, 0.6) is 0 Å². The maximum Gasteiger partial charge on any atom is 0.347 e. The normalized spacial score (nSPS) is 20.5. The zero-order chi connectivity index (χ0) is 13.1. The molecule has 17 heavy (non-hydrogen) atoms. The summed E-state index contributed by atoms with van der Waals surface area (Å²) in [7, 11) is 0. The summed E-state index contributed by atoms with van der Waals surface area (Å²) in [6, 6.07) is -0.519. The van der Waals surface area contributed by atoms with E-state index in [2.05, 4.69) is 10.2 Å². The molecule has 1 fully saturated rings. The first-order chi connectivity index (χ1) is 7.85. The van der Waals surface area contributed by atoms with Crippen LogP contribution in [0.2, 0.25) is 0 Å². The number of hydrogen-bond acceptors (Lipinski definition) is 5. The highest BCUT2D eigenvalue weighted by atomic mass is 16.7. The van der Waals surface area contributed by atoms with Gasteiger partial charge in [0, 0.05) is 12.1 Å². The van der Waals surface area contributed by atoms with E-state index in [0.29, 0.717) is 13.0 Å². The molecule has 0 aromatic heterocycles. The molecule has 3 N–H and O–H groups in total. The van der Waals surface area contributed by atoms with Gasteiger partial charge < -0.3 is 15.1 Å². The summed E-state index contributed by atoms with van der Waals surface area (Å²) in [6.07, 6.45) is 1.43. The second kappa shape index (κ2) is 5.46. The lowest BCUT2D eigenvalue weighted by Crippen LogP contribution is -2.48. The van der Waals surface area contributed by atoms with Gasteiger partial charge in [-0.1, -0.05) is 0 Å². The standard InChI is InChI=1S/C11H21N3O3/c1-11(2,3)13-7-9(15)14-6-4-5-8(14)10(16)17-12/h8,13H,4-7,12H2,1-3H3/t8-/m0/s1. The molecule has 1 heterocycles. The van der Waals surface area contributed by atoms with Crippen molar-refractivity contribution in [3.8, 4) is 0 Å². The van der Waals surface area contributed by atoms with Crippen molar-refractivity contribution in [2.45, 2.75) is 45.2 Å². The lowest BCUT2D eigenvalue weighted by Gasteiger charge is -2.25. The van der Waals surface area contributed by atoms with E-state index in [9.17, 15) is 9.59 Å². The van der Waals surface area contributed by atoms with Gasteiger partial charge in [0.25, 0.3) is 0 Å². The number of carbonyl (C=O) groups is 2. The number of carbonyl (C=O) groups excluding carboxylic acids is 2. The minimum absolute atomic E-state index is 0.0900. The molecule has 0 saturated carbocycles. The van der Waals surface area contributed by atoms with Gasteiger partial charge in [-0.3, -0.25) is 4.79 Å². The topological polar surface area (TPSA) is 84.7 Å². The van der Waals surface area contributed by atoms with Crippen LogP contribution in [0.15, 0.2) is 0 Å². The Morgan fingerprint density at radius 1 is 1.47 bits per heavy atom. The largest absolute Gasteiger partial charge is 0.372 e. The van der Waals surface area contributed by atoms with Gasteiger partial charge in [0.15, 0.2) is 0 Å². The average Bonchev–Trinajstić information content (AvgIpc) is 2.72. The summed E-state index contributed by atoms with van der Waals surface area (Å²) in [4.78, 5) is 29.0. The van der Waals surface area contributed by atoms with Crippen LogP contribution in [0.25, 0.3) is 0 Å². The highest BCUT2D eigenvalue weighted by molar-refractivity contribution is 5.86. The molecule has 1 amide bonds. The first-order valence-corrected chi connectivity index (χ1v) is 5.80. The Kier molecular flexibility index (Phi) is 4.47. The van der Waals surface area contributed by atoms with Crippen molar-refractivity contribution in [1.82, 2.24) is 10.2 Å².